The Morgan fingerprint density at radius 1 is 1.48 bits per heavy atom. The van der Waals surface area contributed by atoms with E-state index < -0.39 is 0 Å². The van der Waals surface area contributed by atoms with Gasteiger partial charge in [-0.15, -0.1) is 24.0 Å². The van der Waals surface area contributed by atoms with Crippen LogP contribution in [0.25, 0.3) is 0 Å². The maximum atomic E-state index is 6.17. The van der Waals surface area contributed by atoms with E-state index >= 15 is 0 Å². The molecule has 9 heteroatoms. The van der Waals surface area contributed by atoms with E-state index in [1.54, 1.807) is 11.8 Å². The van der Waals surface area contributed by atoms with E-state index in [4.69, 9.17) is 21.3 Å². The topological polar surface area (TPSA) is 54.7 Å². The first kappa shape index (κ1) is 24.3. The molecular formula is C20H29ClIN5OS. The van der Waals surface area contributed by atoms with Crippen molar-refractivity contribution < 1.29 is 4.74 Å². The summed E-state index contributed by atoms with van der Waals surface area (Å²) in [4.78, 5) is 7.22. The number of nitrogens with zero attached hydrogens (tertiary/aromatic N) is 4. The number of halogens is 2. The normalized spacial score (nSPS) is 18.3. The first-order valence-electron chi connectivity index (χ1n) is 9.52. The van der Waals surface area contributed by atoms with Crippen LogP contribution in [0.15, 0.2) is 41.7 Å². The van der Waals surface area contributed by atoms with Gasteiger partial charge in [-0.1, -0.05) is 23.7 Å². The predicted octanol–water partition coefficient (Wildman–Crippen LogP) is 4.13. The number of aromatic nitrogens is 2. The van der Waals surface area contributed by atoms with E-state index in [9.17, 15) is 0 Å². The molecule has 2 aromatic rings. The van der Waals surface area contributed by atoms with Crippen LogP contribution in [0.2, 0.25) is 5.02 Å². The standard InChI is InChI=1S/C20H28ClN5OS.HI/c1-4-22-20(23-12-19(28-3)15-6-5-7-17(21)10-15)26-8-9-27-18(14-26)16-11-24-25(2)13-16;/h5-7,10-11,13,18-19H,4,8-9,12,14H2,1-3H3,(H,22,23);1H. The zero-order valence-electron chi connectivity index (χ0n) is 17.0. The maximum Gasteiger partial charge on any atom is 0.194 e. The number of thioether (sulfide) groups is 1. The zero-order valence-corrected chi connectivity index (χ0v) is 20.9. The summed E-state index contributed by atoms with van der Waals surface area (Å²) in [5.74, 6) is 0.931. The molecule has 2 unspecified atom stereocenters. The quantitative estimate of drug-likeness (QED) is 0.334. The highest BCUT2D eigenvalue weighted by Crippen LogP contribution is 2.29. The first-order valence-corrected chi connectivity index (χ1v) is 11.2. The van der Waals surface area contributed by atoms with Crippen LogP contribution in [0.1, 0.15) is 29.4 Å². The molecule has 1 fully saturated rings. The number of benzene rings is 1. The molecule has 29 heavy (non-hydrogen) atoms. The molecule has 0 saturated carbocycles. The molecule has 2 heterocycles. The van der Waals surface area contributed by atoms with Gasteiger partial charge in [-0.05, 0) is 30.9 Å². The SMILES string of the molecule is CCNC(=NCC(SC)c1cccc(Cl)c1)N1CCOC(c2cnn(C)c2)C1.I. The molecule has 1 N–H and O–H groups in total. The average Bonchev–Trinajstić information content (AvgIpc) is 3.14. The van der Waals surface area contributed by atoms with Gasteiger partial charge in [0.2, 0.25) is 0 Å². The van der Waals surface area contributed by atoms with Gasteiger partial charge in [-0.3, -0.25) is 9.67 Å². The molecule has 0 bridgehead atoms. The summed E-state index contributed by atoms with van der Waals surface area (Å²) in [7, 11) is 1.92. The number of nitrogens with one attached hydrogen (secondary N) is 1. The van der Waals surface area contributed by atoms with Crippen molar-refractivity contribution >= 4 is 53.3 Å². The monoisotopic (exact) mass is 549 g/mol. The minimum absolute atomic E-state index is 0. The molecule has 1 aromatic carbocycles. The molecular weight excluding hydrogens is 521 g/mol. The summed E-state index contributed by atoms with van der Waals surface area (Å²) in [6.07, 6.45) is 6.01. The van der Waals surface area contributed by atoms with Crippen molar-refractivity contribution in [2.45, 2.75) is 18.3 Å². The summed E-state index contributed by atoms with van der Waals surface area (Å²) in [6, 6.07) is 8.04. The van der Waals surface area contributed by atoms with E-state index in [1.165, 1.54) is 5.56 Å². The fourth-order valence-electron chi connectivity index (χ4n) is 3.27. The van der Waals surface area contributed by atoms with E-state index in [1.807, 2.05) is 42.3 Å². The highest BCUT2D eigenvalue weighted by molar-refractivity contribution is 14.0. The zero-order chi connectivity index (χ0) is 19.9. The maximum absolute atomic E-state index is 6.17. The lowest BCUT2D eigenvalue weighted by atomic mass is 10.1. The second kappa shape index (κ2) is 12.0. The Morgan fingerprint density at radius 2 is 2.31 bits per heavy atom. The van der Waals surface area contributed by atoms with Crippen LogP contribution >= 0.6 is 47.3 Å². The van der Waals surface area contributed by atoms with Crippen LogP contribution in [-0.4, -0.2) is 59.7 Å². The van der Waals surface area contributed by atoms with Gasteiger partial charge in [-0.2, -0.15) is 16.9 Å². The summed E-state index contributed by atoms with van der Waals surface area (Å²) in [6.45, 7) is 5.87. The van der Waals surface area contributed by atoms with Crippen molar-refractivity contribution in [3.8, 4) is 0 Å². The van der Waals surface area contributed by atoms with E-state index in [0.717, 1.165) is 36.2 Å². The summed E-state index contributed by atoms with van der Waals surface area (Å²) < 4.78 is 7.78. The van der Waals surface area contributed by atoms with Crippen LogP contribution in [-0.2, 0) is 11.8 Å². The van der Waals surface area contributed by atoms with Crippen LogP contribution in [0.3, 0.4) is 0 Å². The Kier molecular flexibility index (Phi) is 10.1. The molecule has 0 spiro atoms. The number of aliphatic imine (C=N–C) groups is 1. The Morgan fingerprint density at radius 3 is 2.97 bits per heavy atom. The largest absolute Gasteiger partial charge is 0.370 e. The van der Waals surface area contributed by atoms with Gasteiger partial charge in [0.05, 0.1) is 25.9 Å². The predicted molar refractivity (Wildman–Crippen MR) is 133 cm³/mol. The van der Waals surface area contributed by atoms with Gasteiger partial charge in [-0.25, -0.2) is 0 Å². The second-order valence-electron chi connectivity index (χ2n) is 6.73. The Hall–Kier alpha value is -0.970. The highest BCUT2D eigenvalue weighted by Gasteiger charge is 2.25. The number of ether oxygens (including phenoxy) is 1. The lowest BCUT2D eigenvalue weighted by molar-refractivity contribution is -0.00803. The second-order valence-corrected chi connectivity index (χ2v) is 8.20. The molecule has 6 nitrogen and oxygen atoms in total. The average molecular weight is 550 g/mol. The van der Waals surface area contributed by atoms with Crippen molar-refractivity contribution in [2.75, 3.05) is 39.0 Å². The molecule has 0 amide bonds. The molecule has 160 valence electrons. The molecule has 3 rings (SSSR count). The molecule has 0 aliphatic carbocycles. The smallest absolute Gasteiger partial charge is 0.194 e. The minimum Gasteiger partial charge on any atom is -0.370 e. The number of guanidine groups is 1. The van der Waals surface area contributed by atoms with Crippen molar-refractivity contribution in [2.24, 2.45) is 12.0 Å². The van der Waals surface area contributed by atoms with Crippen molar-refractivity contribution in [3.05, 3.63) is 52.8 Å². The van der Waals surface area contributed by atoms with Gasteiger partial charge in [0.25, 0.3) is 0 Å². The van der Waals surface area contributed by atoms with E-state index in [0.29, 0.717) is 13.2 Å². The summed E-state index contributed by atoms with van der Waals surface area (Å²) in [5.41, 5.74) is 2.30. The Balaban J connectivity index is 0.00000300. The fourth-order valence-corrected chi connectivity index (χ4v) is 4.11. The van der Waals surface area contributed by atoms with Gasteiger partial charge in [0, 0.05) is 42.2 Å². The number of hydrogen-bond acceptors (Lipinski definition) is 4. The molecule has 1 aromatic heterocycles. The molecule has 1 aliphatic rings. The lowest BCUT2D eigenvalue weighted by Gasteiger charge is -2.35. The van der Waals surface area contributed by atoms with Crippen molar-refractivity contribution in [1.29, 1.82) is 0 Å². The highest BCUT2D eigenvalue weighted by atomic mass is 127. The molecule has 2 atom stereocenters. The third-order valence-electron chi connectivity index (χ3n) is 4.71. The number of morpholine rings is 1. The fraction of sp³-hybridized carbons (Fsp3) is 0.500. The number of rotatable bonds is 6. The van der Waals surface area contributed by atoms with Crippen LogP contribution in [0, 0.1) is 0 Å². The van der Waals surface area contributed by atoms with Crippen LogP contribution in [0.5, 0.6) is 0 Å². The molecule has 1 saturated heterocycles. The van der Waals surface area contributed by atoms with Gasteiger partial charge in [0.15, 0.2) is 5.96 Å². The van der Waals surface area contributed by atoms with Gasteiger partial charge in [0.1, 0.15) is 6.10 Å². The lowest BCUT2D eigenvalue weighted by Crippen LogP contribution is -2.48. The van der Waals surface area contributed by atoms with E-state index in [2.05, 4.69) is 34.6 Å². The van der Waals surface area contributed by atoms with Gasteiger partial charge >= 0.3 is 0 Å². The van der Waals surface area contributed by atoms with Gasteiger partial charge < -0.3 is 15.0 Å². The van der Waals surface area contributed by atoms with Crippen LogP contribution < -0.4 is 5.32 Å². The summed E-state index contributed by atoms with van der Waals surface area (Å²) in [5, 5.41) is 8.73. The third-order valence-corrected chi connectivity index (χ3v) is 5.93. The van der Waals surface area contributed by atoms with Crippen molar-refractivity contribution in [3.63, 3.8) is 0 Å². The molecule has 1 aliphatic heterocycles. The minimum atomic E-state index is 0. The van der Waals surface area contributed by atoms with Crippen LogP contribution in [0.4, 0.5) is 0 Å². The van der Waals surface area contributed by atoms with Crippen molar-refractivity contribution in [1.82, 2.24) is 20.0 Å². The Labute approximate surface area is 199 Å². The summed E-state index contributed by atoms with van der Waals surface area (Å²) >= 11 is 7.96. The number of aryl methyl sites for hydroxylation is 1. The first-order chi connectivity index (χ1) is 13.6. The number of hydrogen-bond donors (Lipinski definition) is 1. The van der Waals surface area contributed by atoms with E-state index in [-0.39, 0.29) is 35.3 Å². The molecule has 0 radical (unpaired) electrons. The third kappa shape index (κ3) is 6.77. The Bertz CT molecular complexity index is 803.